The summed E-state index contributed by atoms with van der Waals surface area (Å²) in [5.41, 5.74) is 2.10. The smallest absolute Gasteiger partial charge is 0.183 e. The van der Waals surface area contributed by atoms with Crippen molar-refractivity contribution >= 4 is 0 Å². The van der Waals surface area contributed by atoms with Gasteiger partial charge in [-0.2, -0.15) is 0 Å². The van der Waals surface area contributed by atoms with Crippen molar-refractivity contribution < 1.29 is 24.4 Å². The number of rotatable bonds is 6. The minimum absolute atomic E-state index is 0.0846. The predicted octanol–water partition coefficient (Wildman–Crippen LogP) is 3.53. The van der Waals surface area contributed by atoms with Crippen LogP contribution >= 0.6 is 0 Å². The van der Waals surface area contributed by atoms with Gasteiger partial charge in [-0.3, -0.25) is 0 Å². The summed E-state index contributed by atoms with van der Waals surface area (Å²) in [7, 11) is 1.53. The number of hydrogen-bond donors (Lipinski definition) is 2. The van der Waals surface area contributed by atoms with Crippen molar-refractivity contribution in [2.45, 2.75) is 52.0 Å². The predicted molar refractivity (Wildman–Crippen MR) is 106 cm³/mol. The molecule has 3 atom stereocenters. The molecule has 3 rings (SSSR count). The van der Waals surface area contributed by atoms with Crippen LogP contribution in [0.2, 0.25) is 0 Å². The Morgan fingerprint density at radius 1 is 0.963 bits per heavy atom. The lowest BCUT2D eigenvalue weighted by atomic mass is 10.2. The Balaban J connectivity index is 0.000000305. The fraction of sp³-hybridized carbons (Fsp3) is 0.455. The minimum Gasteiger partial charge on any atom is -0.392 e. The molecule has 1 fully saturated rings. The zero-order chi connectivity index (χ0) is 19.9. The molecule has 2 aromatic rings. The summed E-state index contributed by atoms with van der Waals surface area (Å²) >= 11 is 0. The highest BCUT2D eigenvalue weighted by molar-refractivity contribution is 5.13. The summed E-state index contributed by atoms with van der Waals surface area (Å²) in [6.45, 7) is 5.18. The molecule has 5 nitrogen and oxygen atoms in total. The molecule has 0 bridgehead atoms. The van der Waals surface area contributed by atoms with Crippen LogP contribution in [0.5, 0.6) is 0 Å². The van der Waals surface area contributed by atoms with Gasteiger partial charge in [-0.15, -0.1) is 0 Å². The maximum absolute atomic E-state index is 9.57. The molecule has 1 unspecified atom stereocenters. The van der Waals surface area contributed by atoms with Gasteiger partial charge in [0.2, 0.25) is 0 Å². The van der Waals surface area contributed by atoms with E-state index in [-0.39, 0.29) is 12.7 Å². The molecular formula is C22H32O5. The molecule has 2 aromatic carbocycles. The number of benzene rings is 2. The van der Waals surface area contributed by atoms with Crippen LogP contribution in [0, 0.1) is 0 Å². The molecule has 0 aliphatic carbocycles. The number of aliphatic hydroxyl groups excluding tert-OH is 2. The van der Waals surface area contributed by atoms with Crippen LogP contribution in [-0.2, 0) is 27.4 Å². The largest absolute Gasteiger partial charge is 0.392 e. The first-order valence-electron chi connectivity index (χ1n) is 9.35. The van der Waals surface area contributed by atoms with Crippen molar-refractivity contribution in [1.29, 1.82) is 0 Å². The lowest BCUT2D eigenvalue weighted by Gasteiger charge is -2.13. The zero-order valence-electron chi connectivity index (χ0n) is 16.5. The first kappa shape index (κ1) is 23.3. The van der Waals surface area contributed by atoms with Gasteiger partial charge >= 0.3 is 0 Å². The average Bonchev–Trinajstić information content (AvgIpc) is 3.11. The summed E-state index contributed by atoms with van der Waals surface area (Å²) in [5, 5.41) is 18.1. The summed E-state index contributed by atoms with van der Waals surface area (Å²) in [5.74, 6) is 0. The highest BCUT2D eigenvalue weighted by Crippen LogP contribution is 2.21. The van der Waals surface area contributed by atoms with Gasteiger partial charge in [-0.1, -0.05) is 74.5 Å². The van der Waals surface area contributed by atoms with Crippen molar-refractivity contribution in [2.24, 2.45) is 0 Å². The van der Waals surface area contributed by atoms with Crippen LogP contribution < -0.4 is 0 Å². The summed E-state index contributed by atoms with van der Waals surface area (Å²) < 4.78 is 16.0. The van der Waals surface area contributed by atoms with Gasteiger partial charge in [0.05, 0.1) is 25.9 Å². The first-order valence-corrected chi connectivity index (χ1v) is 9.35. The van der Waals surface area contributed by atoms with E-state index < -0.39 is 12.4 Å². The third kappa shape index (κ3) is 9.13. The molecule has 2 N–H and O–H groups in total. The number of aliphatic hydroxyl groups is 2. The van der Waals surface area contributed by atoms with E-state index in [1.165, 1.54) is 7.11 Å². The van der Waals surface area contributed by atoms with Crippen LogP contribution in [0.25, 0.3) is 0 Å². The Morgan fingerprint density at radius 2 is 1.52 bits per heavy atom. The molecule has 0 saturated carbocycles. The maximum atomic E-state index is 9.57. The Morgan fingerprint density at radius 3 is 1.96 bits per heavy atom. The highest BCUT2D eigenvalue weighted by Gasteiger charge is 2.33. The van der Waals surface area contributed by atoms with Crippen LogP contribution in [0.3, 0.4) is 0 Å². The van der Waals surface area contributed by atoms with Crippen molar-refractivity contribution in [3.05, 3.63) is 71.8 Å². The summed E-state index contributed by atoms with van der Waals surface area (Å²) in [6.07, 6.45) is -0.586. The average molecular weight is 376 g/mol. The van der Waals surface area contributed by atoms with Crippen molar-refractivity contribution in [2.75, 3.05) is 13.7 Å². The van der Waals surface area contributed by atoms with Crippen molar-refractivity contribution in [3.63, 3.8) is 0 Å². The minimum atomic E-state index is -0.551. The number of methoxy groups -OCH3 is 1. The quantitative estimate of drug-likeness (QED) is 0.807. The molecular weight excluding hydrogens is 344 g/mol. The summed E-state index contributed by atoms with van der Waals surface area (Å²) in [6, 6.07) is 19.5. The van der Waals surface area contributed by atoms with Crippen LogP contribution in [0.4, 0.5) is 0 Å². The molecule has 1 aliphatic rings. The second kappa shape index (κ2) is 14.3. The van der Waals surface area contributed by atoms with Gasteiger partial charge in [0.15, 0.2) is 6.29 Å². The Bertz CT molecular complexity index is 576. The second-order valence-corrected chi connectivity index (χ2v) is 5.81. The lowest BCUT2D eigenvalue weighted by molar-refractivity contribution is -0.156. The molecule has 1 aliphatic heterocycles. The topological polar surface area (TPSA) is 68.2 Å². The van der Waals surface area contributed by atoms with E-state index in [0.717, 1.165) is 11.1 Å². The number of hydrogen-bond acceptors (Lipinski definition) is 5. The molecule has 0 aromatic heterocycles. The third-order valence-electron chi connectivity index (χ3n) is 3.82. The molecule has 1 saturated heterocycles. The highest BCUT2D eigenvalue weighted by atomic mass is 16.7. The van der Waals surface area contributed by atoms with Gasteiger partial charge in [-0.05, 0) is 11.1 Å². The van der Waals surface area contributed by atoms with Gasteiger partial charge in [0, 0.05) is 13.5 Å². The lowest BCUT2D eigenvalue weighted by Crippen LogP contribution is -2.22. The van der Waals surface area contributed by atoms with E-state index in [2.05, 4.69) is 0 Å². The molecule has 1 heterocycles. The van der Waals surface area contributed by atoms with E-state index in [1.54, 1.807) is 0 Å². The van der Waals surface area contributed by atoms with Gasteiger partial charge in [0.25, 0.3) is 0 Å². The van der Waals surface area contributed by atoms with Crippen molar-refractivity contribution in [1.82, 2.24) is 0 Å². The van der Waals surface area contributed by atoms with E-state index >= 15 is 0 Å². The van der Waals surface area contributed by atoms with E-state index in [1.807, 2.05) is 74.5 Å². The van der Waals surface area contributed by atoms with Crippen LogP contribution in [0.15, 0.2) is 60.7 Å². The molecule has 0 radical (unpaired) electrons. The second-order valence-electron chi connectivity index (χ2n) is 5.81. The first-order chi connectivity index (χ1) is 13.2. The number of ether oxygens (including phenoxy) is 3. The third-order valence-corrected chi connectivity index (χ3v) is 3.82. The fourth-order valence-electron chi connectivity index (χ4n) is 2.50. The zero-order valence-corrected chi connectivity index (χ0v) is 16.5. The fourth-order valence-corrected chi connectivity index (χ4v) is 2.50. The maximum Gasteiger partial charge on any atom is 0.183 e. The van der Waals surface area contributed by atoms with Crippen LogP contribution in [0.1, 0.15) is 31.4 Å². The van der Waals surface area contributed by atoms with Gasteiger partial charge in [-0.25, -0.2) is 0 Å². The van der Waals surface area contributed by atoms with E-state index in [4.69, 9.17) is 19.3 Å². The molecule has 0 spiro atoms. The molecule has 5 heteroatoms. The summed E-state index contributed by atoms with van der Waals surface area (Å²) in [4.78, 5) is 0. The van der Waals surface area contributed by atoms with E-state index in [0.29, 0.717) is 19.6 Å². The van der Waals surface area contributed by atoms with E-state index in [9.17, 15) is 5.11 Å². The standard InChI is InChI=1S/C13H18O4.C7H8O.C2H6/c1-15-13-12(14)7-11(17-13)9-16-8-10-5-3-2-4-6-10;8-6-7-4-2-1-3-5-7;1-2/h2-6,11-14H,7-9H2,1H3;1-5,8H,6H2;1-2H3/t11-,12+,13?;;/m1../s1. The monoisotopic (exact) mass is 376 g/mol. The van der Waals surface area contributed by atoms with Crippen molar-refractivity contribution in [3.8, 4) is 0 Å². The Labute approximate surface area is 162 Å². The Kier molecular flexibility index (Phi) is 12.3. The normalized spacial score (nSPS) is 20.9. The molecule has 0 amide bonds. The molecule has 150 valence electrons. The van der Waals surface area contributed by atoms with Crippen LogP contribution in [-0.4, -0.2) is 42.4 Å². The van der Waals surface area contributed by atoms with Gasteiger partial charge in [0.1, 0.15) is 6.10 Å². The Hall–Kier alpha value is -1.76. The SMILES string of the molecule is CC.COC1O[C@@H](COCc2ccccc2)C[C@@H]1O.OCc1ccccc1. The van der Waals surface area contributed by atoms with Gasteiger partial charge < -0.3 is 24.4 Å². The molecule has 27 heavy (non-hydrogen) atoms.